The number of hydrogen-bond donors (Lipinski definition) is 0. The third kappa shape index (κ3) is 5.26. The molecule has 0 saturated heterocycles. The first-order chi connectivity index (χ1) is 27.8. The Labute approximate surface area is 325 Å². The summed E-state index contributed by atoms with van der Waals surface area (Å²) in [5.74, 6) is 0. The Morgan fingerprint density at radius 3 is 1.23 bits per heavy atom. The first kappa shape index (κ1) is 32.0. The SMILES string of the molecule is c1ccc(-c2ccc3c(c2)c2cc(-c4ccccc4)ccc2n3-c2cccc(-c3ccccc3-n3c4ccccc4c4cc(-c5ccccc5)ccc43)c2)cc1. The van der Waals surface area contributed by atoms with Crippen molar-refractivity contribution >= 4 is 43.6 Å². The number of hydrogen-bond acceptors (Lipinski definition) is 0. The van der Waals surface area contributed by atoms with Gasteiger partial charge in [-0.1, -0.05) is 158 Å². The third-order valence-corrected chi connectivity index (χ3v) is 11.3. The van der Waals surface area contributed by atoms with Crippen LogP contribution >= 0.6 is 0 Å². The predicted molar refractivity (Wildman–Crippen MR) is 237 cm³/mol. The maximum absolute atomic E-state index is 2.44. The zero-order valence-electron chi connectivity index (χ0n) is 30.7. The molecule has 2 aromatic heterocycles. The highest BCUT2D eigenvalue weighted by Crippen LogP contribution is 2.40. The Balaban J connectivity index is 1.10. The molecule has 0 fully saturated rings. The van der Waals surface area contributed by atoms with Crippen LogP contribution in [0.3, 0.4) is 0 Å². The number of para-hydroxylation sites is 2. The smallest absolute Gasteiger partial charge is 0.0541 e. The van der Waals surface area contributed by atoms with Gasteiger partial charge in [-0.25, -0.2) is 0 Å². The van der Waals surface area contributed by atoms with E-state index in [0.29, 0.717) is 0 Å². The van der Waals surface area contributed by atoms with E-state index in [9.17, 15) is 0 Å². The van der Waals surface area contributed by atoms with Crippen LogP contribution in [0.2, 0.25) is 0 Å². The van der Waals surface area contributed by atoms with E-state index in [2.05, 4.69) is 228 Å². The van der Waals surface area contributed by atoms with Gasteiger partial charge in [-0.3, -0.25) is 0 Å². The van der Waals surface area contributed by atoms with Crippen LogP contribution in [-0.2, 0) is 0 Å². The van der Waals surface area contributed by atoms with Crippen molar-refractivity contribution in [1.29, 1.82) is 0 Å². The Bertz CT molecular complexity index is 3130. The van der Waals surface area contributed by atoms with Crippen molar-refractivity contribution in [2.24, 2.45) is 0 Å². The molecule has 262 valence electrons. The quantitative estimate of drug-likeness (QED) is 0.162. The second-order valence-electron chi connectivity index (χ2n) is 14.5. The van der Waals surface area contributed by atoms with Gasteiger partial charge >= 0.3 is 0 Å². The van der Waals surface area contributed by atoms with E-state index in [4.69, 9.17) is 0 Å². The molecule has 0 spiro atoms. The van der Waals surface area contributed by atoms with Gasteiger partial charge in [0, 0.05) is 32.8 Å². The molecule has 56 heavy (non-hydrogen) atoms. The fourth-order valence-electron chi connectivity index (χ4n) is 8.69. The Kier molecular flexibility index (Phi) is 7.53. The zero-order chi connectivity index (χ0) is 37.0. The molecule has 0 amide bonds. The molecule has 0 atom stereocenters. The van der Waals surface area contributed by atoms with Crippen molar-refractivity contribution in [2.45, 2.75) is 0 Å². The molecule has 0 aliphatic heterocycles. The lowest BCUT2D eigenvalue weighted by Crippen LogP contribution is -1.98. The molecule has 2 heterocycles. The van der Waals surface area contributed by atoms with Crippen molar-refractivity contribution in [3.8, 4) is 55.9 Å². The molecule has 2 nitrogen and oxygen atoms in total. The summed E-state index contributed by atoms with van der Waals surface area (Å²) in [6.07, 6.45) is 0. The largest absolute Gasteiger partial charge is 0.309 e. The lowest BCUT2D eigenvalue weighted by atomic mass is 10.0. The van der Waals surface area contributed by atoms with Gasteiger partial charge in [0.2, 0.25) is 0 Å². The van der Waals surface area contributed by atoms with Gasteiger partial charge < -0.3 is 9.13 Å². The van der Waals surface area contributed by atoms with Gasteiger partial charge in [0.15, 0.2) is 0 Å². The van der Waals surface area contributed by atoms with Crippen LogP contribution in [0.5, 0.6) is 0 Å². The van der Waals surface area contributed by atoms with Crippen LogP contribution in [0.4, 0.5) is 0 Å². The first-order valence-corrected chi connectivity index (χ1v) is 19.3. The normalized spacial score (nSPS) is 11.6. The summed E-state index contributed by atoms with van der Waals surface area (Å²) in [7, 11) is 0. The minimum absolute atomic E-state index is 1.13. The zero-order valence-corrected chi connectivity index (χ0v) is 30.7. The summed E-state index contributed by atoms with van der Waals surface area (Å²) in [5.41, 5.74) is 16.7. The lowest BCUT2D eigenvalue weighted by molar-refractivity contribution is 1.17. The summed E-state index contributed by atoms with van der Waals surface area (Å²) in [6, 6.07) is 79.4. The van der Waals surface area contributed by atoms with E-state index in [1.54, 1.807) is 0 Å². The average Bonchev–Trinajstić information content (AvgIpc) is 3.79. The summed E-state index contributed by atoms with van der Waals surface area (Å²) >= 11 is 0. The molecule has 0 bridgehead atoms. The molecule has 11 aromatic rings. The van der Waals surface area contributed by atoms with Crippen molar-refractivity contribution in [1.82, 2.24) is 9.13 Å². The molecule has 11 rings (SSSR count). The topological polar surface area (TPSA) is 9.86 Å². The number of nitrogens with zero attached hydrogens (tertiary/aromatic N) is 2. The van der Waals surface area contributed by atoms with Crippen LogP contribution in [0, 0.1) is 0 Å². The minimum atomic E-state index is 1.13. The number of aromatic nitrogens is 2. The fraction of sp³-hybridized carbons (Fsp3) is 0. The number of benzene rings is 9. The van der Waals surface area contributed by atoms with Crippen LogP contribution in [0.25, 0.3) is 99.5 Å². The maximum atomic E-state index is 2.44. The molecule has 0 aliphatic carbocycles. The monoisotopic (exact) mass is 712 g/mol. The molecule has 0 unspecified atom stereocenters. The molecular weight excluding hydrogens is 677 g/mol. The second-order valence-corrected chi connectivity index (χ2v) is 14.5. The van der Waals surface area contributed by atoms with Crippen LogP contribution in [-0.4, -0.2) is 9.13 Å². The van der Waals surface area contributed by atoms with Gasteiger partial charge in [-0.2, -0.15) is 0 Å². The fourth-order valence-corrected chi connectivity index (χ4v) is 8.69. The van der Waals surface area contributed by atoms with Crippen molar-refractivity contribution in [3.05, 3.63) is 218 Å². The van der Waals surface area contributed by atoms with Gasteiger partial charge in [-0.15, -0.1) is 0 Å². The van der Waals surface area contributed by atoms with E-state index in [1.807, 2.05) is 0 Å². The summed E-state index contributed by atoms with van der Waals surface area (Å²) in [4.78, 5) is 0. The lowest BCUT2D eigenvalue weighted by Gasteiger charge is -2.16. The highest BCUT2D eigenvalue weighted by atomic mass is 15.0. The minimum Gasteiger partial charge on any atom is -0.309 e. The molecule has 0 N–H and O–H groups in total. The Morgan fingerprint density at radius 1 is 0.232 bits per heavy atom. The second kappa shape index (κ2) is 13.2. The van der Waals surface area contributed by atoms with E-state index in [-0.39, 0.29) is 0 Å². The number of rotatable bonds is 6. The van der Waals surface area contributed by atoms with Gasteiger partial charge in [-0.05, 0) is 99.6 Å². The van der Waals surface area contributed by atoms with Crippen LogP contribution in [0.1, 0.15) is 0 Å². The van der Waals surface area contributed by atoms with E-state index < -0.39 is 0 Å². The molecule has 0 saturated carbocycles. The van der Waals surface area contributed by atoms with Crippen molar-refractivity contribution in [3.63, 3.8) is 0 Å². The summed E-state index contributed by atoms with van der Waals surface area (Å²) < 4.78 is 4.88. The molecule has 0 radical (unpaired) electrons. The van der Waals surface area contributed by atoms with Crippen LogP contribution in [0.15, 0.2) is 218 Å². The van der Waals surface area contributed by atoms with Gasteiger partial charge in [0.1, 0.15) is 0 Å². The molecule has 2 heteroatoms. The standard InChI is InChI=1S/C54H36N2/c1-4-15-37(16-5-1)40-29-32-54-47(34-40)46-24-11-13-26-51(46)56(54)50-25-12-10-23-45(50)43-21-14-22-44(33-43)55-52-30-27-41(38-17-6-2-7-18-38)35-48(52)49-36-42(28-31-53(49)55)39-19-8-3-9-20-39/h1-36H. The molecule has 9 aromatic carbocycles. The summed E-state index contributed by atoms with van der Waals surface area (Å²) in [6.45, 7) is 0. The highest BCUT2D eigenvalue weighted by Gasteiger charge is 2.18. The summed E-state index contributed by atoms with van der Waals surface area (Å²) in [5, 5.41) is 4.98. The molecule has 0 aliphatic rings. The van der Waals surface area contributed by atoms with Gasteiger partial charge in [0.05, 0.1) is 27.8 Å². The van der Waals surface area contributed by atoms with E-state index in [1.165, 1.54) is 88.1 Å². The third-order valence-electron chi connectivity index (χ3n) is 11.3. The van der Waals surface area contributed by atoms with Gasteiger partial charge in [0.25, 0.3) is 0 Å². The first-order valence-electron chi connectivity index (χ1n) is 19.3. The van der Waals surface area contributed by atoms with Crippen molar-refractivity contribution < 1.29 is 0 Å². The Hall–Kier alpha value is -7.42. The van der Waals surface area contributed by atoms with E-state index in [0.717, 1.165) is 11.4 Å². The highest BCUT2D eigenvalue weighted by molar-refractivity contribution is 6.12. The maximum Gasteiger partial charge on any atom is 0.0541 e. The average molecular weight is 713 g/mol. The van der Waals surface area contributed by atoms with Crippen molar-refractivity contribution in [2.75, 3.05) is 0 Å². The Morgan fingerprint density at radius 2 is 0.661 bits per heavy atom. The van der Waals surface area contributed by atoms with Crippen LogP contribution < -0.4 is 0 Å². The molecular formula is C54H36N2. The predicted octanol–water partition coefficient (Wildman–Crippen LogP) is 14.5. The number of fused-ring (bicyclic) bond motifs is 6. The van der Waals surface area contributed by atoms with E-state index >= 15 is 0 Å².